The molecule has 6 heteroatoms. The second-order valence-electron chi connectivity index (χ2n) is 5.73. The monoisotopic (exact) mass is 318 g/mol. The van der Waals surface area contributed by atoms with Gasteiger partial charge in [0.2, 0.25) is 0 Å². The second kappa shape index (κ2) is 6.92. The van der Waals surface area contributed by atoms with Crippen LogP contribution in [0.1, 0.15) is 36.7 Å². The molecule has 6 nitrogen and oxygen atoms in total. The number of nitriles is 1. The van der Waals surface area contributed by atoms with Gasteiger partial charge in [0.1, 0.15) is 11.9 Å². The highest BCUT2D eigenvalue weighted by Gasteiger charge is 2.13. The molecule has 1 aromatic carbocycles. The van der Waals surface area contributed by atoms with Crippen LogP contribution < -0.4 is 5.32 Å². The lowest BCUT2D eigenvalue weighted by Gasteiger charge is -2.07. The zero-order valence-electron chi connectivity index (χ0n) is 13.6. The van der Waals surface area contributed by atoms with Crippen LogP contribution in [0.4, 0.5) is 5.82 Å². The van der Waals surface area contributed by atoms with Crippen LogP contribution in [-0.2, 0) is 6.54 Å². The maximum atomic E-state index is 8.76. The summed E-state index contributed by atoms with van der Waals surface area (Å²) in [5.74, 6) is 0.954. The van der Waals surface area contributed by atoms with Crippen molar-refractivity contribution in [3.8, 4) is 11.8 Å². The molecule has 0 saturated heterocycles. The number of nitrogens with one attached hydrogen (secondary N) is 1. The molecule has 0 radical (unpaired) electrons. The Balaban J connectivity index is 1.81. The molecule has 0 unspecified atom stereocenters. The minimum atomic E-state index is 0.306. The third-order valence-corrected chi connectivity index (χ3v) is 3.62. The number of nitrogens with zero attached hydrogens (tertiary/aromatic N) is 5. The summed E-state index contributed by atoms with van der Waals surface area (Å²) in [5.41, 5.74) is 3.50. The van der Waals surface area contributed by atoms with E-state index in [4.69, 9.17) is 10.4 Å². The first-order chi connectivity index (χ1) is 11.7. The minimum absolute atomic E-state index is 0.306. The Morgan fingerprint density at radius 1 is 1.17 bits per heavy atom. The van der Waals surface area contributed by atoms with E-state index < -0.39 is 0 Å². The third kappa shape index (κ3) is 3.41. The van der Waals surface area contributed by atoms with Crippen molar-refractivity contribution in [2.75, 3.05) is 5.32 Å². The maximum Gasteiger partial charge on any atom is 0.158 e. The average Bonchev–Trinajstić information content (AvgIpc) is 3.06. The van der Waals surface area contributed by atoms with Gasteiger partial charge in [-0.3, -0.25) is 0 Å². The smallest absolute Gasteiger partial charge is 0.158 e. The Bertz CT molecular complexity index is 843. The van der Waals surface area contributed by atoms with E-state index in [9.17, 15) is 0 Å². The van der Waals surface area contributed by atoms with Gasteiger partial charge in [0.05, 0.1) is 23.8 Å². The Hall–Kier alpha value is -3.20. The zero-order valence-corrected chi connectivity index (χ0v) is 13.6. The second-order valence-corrected chi connectivity index (χ2v) is 5.73. The van der Waals surface area contributed by atoms with Crippen LogP contribution in [-0.4, -0.2) is 19.7 Å². The SMILES string of the molecule is CC(C)c1nn(-c2ccccc2)cc1CNc1cnc(C#N)cn1. The molecular formula is C18H18N6. The van der Waals surface area contributed by atoms with Crippen molar-refractivity contribution in [2.45, 2.75) is 26.3 Å². The van der Waals surface area contributed by atoms with Crippen LogP contribution in [0, 0.1) is 11.3 Å². The Labute approximate surface area is 140 Å². The molecule has 0 saturated carbocycles. The summed E-state index contributed by atoms with van der Waals surface area (Å²) >= 11 is 0. The quantitative estimate of drug-likeness (QED) is 0.781. The average molecular weight is 318 g/mol. The summed E-state index contributed by atoms with van der Waals surface area (Å²) in [4.78, 5) is 8.19. The number of hydrogen-bond donors (Lipinski definition) is 1. The predicted octanol–water partition coefficient (Wildman–Crippen LogP) is 3.27. The molecule has 2 aromatic heterocycles. The maximum absolute atomic E-state index is 8.76. The van der Waals surface area contributed by atoms with Crippen LogP contribution in [0.3, 0.4) is 0 Å². The molecule has 0 spiro atoms. The molecule has 0 amide bonds. The number of aromatic nitrogens is 4. The molecule has 0 aliphatic heterocycles. The van der Waals surface area contributed by atoms with E-state index in [2.05, 4.69) is 29.1 Å². The number of rotatable bonds is 5. The van der Waals surface area contributed by atoms with Crippen LogP contribution in [0.5, 0.6) is 0 Å². The molecule has 0 aliphatic rings. The van der Waals surface area contributed by atoms with Crippen LogP contribution >= 0.6 is 0 Å². The predicted molar refractivity (Wildman–Crippen MR) is 91.7 cm³/mol. The fraction of sp³-hybridized carbons (Fsp3) is 0.222. The van der Waals surface area contributed by atoms with Gasteiger partial charge in [-0.1, -0.05) is 32.0 Å². The normalized spacial score (nSPS) is 10.6. The van der Waals surface area contributed by atoms with Crippen molar-refractivity contribution >= 4 is 5.82 Å². The van der Waals surface area contributed by atoms with Crippen LogP contribution in [0.2, 0.25) is 0 Å². The lowest BCUT2D eigenvalue weighted by Crippen LogP contribution is -2.04. The van der Waals surface area contributed by atoms with E-state index in [1.165, 1.54) is 6.20 Å². The summed E-state index contributed by atoms with van der Waals surface area (Å²) in [5, 5.41) is 16.7. The van der Waals surface area contributed by atoms with Gasteiger partial charge < -0.3 is 5.32 Å². The zero-order chi connectivity index (χ0) is 16.9. The van der Waals surface area contributed by atoms with E-state index in [1.54, 1.807) is 6.20 Å². The van der Waals surface area contributed by atoms with Gasteiger partial charge in [-0.2, -0.15) is 10.4 Å². The molecule has 0 fully saturated rings. The summed E-state index contributed by atoms with van der Waals surface area (Å²) in [6.45, 7) is 4.85. The van der Waals surface area contributed by atoms with Crippen LogP contribution in [0.15, 0.2) is 48.9 Å². The molecule has 0 aliphatic carbocycles. The standard InChI is InChI=1S/C18H18N6/c1-13(2)18-14(9-21-17-11-20-15(8-19)10-22-17)12-24(23-18)16-6-4-3-5-7-16/h3-7,10-13H,9H2,1-2H3,(H,21,22). The third-order valence-electron chi connectivity index (χ3n) is 3.62. The van der Waals surface area contributed by atoms with Gasteiger partial charge in [0.25, 0.3) is 0 Å². The molecule has 24 heavy (non-hydrogen) atoms. The Morgan fingerprint density at radius 2 is 1.96 bits per heavy atom. The van der Waals surface area contributed by atoms with E-state index in [0.29, 0.717) is 24.0 Å². The van der Waals surface area contributed by atoms with Gasteiger partial charge in [0, 0.05) is 18.3 Å². The highest BCUT2D eigenvalue weighted by Crippen LogP contribution is 2.20. The molecule has 0 atom stereocenters. The first-order valence-corrected chi connectivity index (χ1v) is 7.77. The van der Waals surface area contributed by atoms with Crippen molar-refractivity contribution in [3.63, 3.8) is 0 Å². The van der Waals surface area contributed by atoms with Gasteiger partial charge >= 0.3 is 0 Å². The van der Waals surface area contributed by atoms with Gasteiger partial charge in [-0.15, -0.1) is 0 Å². The van der Waals surface area contributed by atoms with Gasteiger partial charge in [0.15, 0.2) is 5.69 Å². The fourth-order valence-electron chi connectivity index (χ4n) is 2.42. The molecular weight excluding hydrogens is 300 g/mol. The van der Waals surface area contributed by atoms with E-state index in [-0.39, 0.29) is 0 Å². The van der Waals surface area contributed by atoms with E-state index in [0.717, 1.165) is 16.9 Å². The Kier molecular flexibility index (Phi) is 4.52. The lowest BCUT2D eigenvalue weighted by atomic mass is 10.1. The van der Waals surface area contributed by atoms with Crippen molar-refractivity contribution in [2.24, 2.45) is 0 Å². The first kappa shape index (κ1) is 15.7. The number of benzene rings is 1. The van der Waals surface area contributed by atoms with Crippen molar-refractivity contribution in [1.29, 1.82) is 5.26 Å². The number of para-hydroxylation sites is 1. The summed E-state index contributed by atoms with van der Waals surface area (Å²) in [6.07, 6.45) is 5.06. The molecule has 120 valence electrons. The topological polar surface area (TPSA) is 79.4 Å². The lowest BCUT2D eigenvalue weighted by molar-refractivity contribution is 0.763. The van der Waals surface area contributed by atoms with Gasteiger partial charge in [-0.25, -0.2) is 14.6 Å². The summed E-state index contributed by atoms with van der Waals surface area (Å²) < 4.78 is 1.90. The van der Waals surface area contributed by atoms with Crippen molar-refractivity contribution < 1.29 is 0 Å². The fourth-order valence-corrected chi connectivity index (χ4v) is 2.42. The van der Waals surface area contributed by atoms with E-state index in [1.807, 2.05) is 47.3 Å². The van der Waals surface area contributed by atoms with E-state index >= 15 is 0 Å². The molecule has 0 bridgehead atoms. The largest absolute Gasteiger partial charge is 0.365 e. The molecule has 2 heterocycles. The molecule has 1 N–H and O–H groups in total. The van der Waals surface area contributed by atoms with Crippen LogP contribution in [0.25, 0.3) is 5.69 Å². The highest BCUT2D eigenvalue weighted by atomic mass is 15.3. The molecule has 3 rings (SSSR count). The van der Waals surface area contributed by atoms with Crippen molar-refractivity contribution in [1.82, 2.24) is 19.7 Å². The number of anilines is 1. The summed E-state index contributed by atoms with van der Waals surface area (Å²) in [6, 6.07) is 12.0. The highest BCUT2D eigenvalue weighted by molar-refractivity contribution is 5.37. The molecule has 3 aromatic rings. The first-order valence-electron chi connectivity index (χ1n) is 7.77. The van der Waals surface area contributed by atoms with Gasteiger partial charge in [-0.05, 0) is 18.1 Å². The number of hydrogen-bond acceptors (Lipinski definition) is 5. The summed E-state index contributed by atoms with van der Waals surface area (Å²) in [7, 11) is 0. The minimum Gasteiger partial charge on any atom is -0.365 e. The Morgan fingerprint density at radius 3 is 2.58 bits per heavy atom. The van der Waals surface area contributed by atoms with Crippen molar-refractivity contribution in [3.05, 3.63) is 65.9 Å².